The second kappa shape index (κ2) is 4.07. The fourth-order valence-corrected chi connectivity index (χ4v) is 1.29. The van der Waals surface area contributed by atoms with E-state index < -0.39 is 5.97 Å². The quantitative estimate of drug-likeness (QED) is 0.766. The van der Waals surface area contributed by atoms with Crippen molar-refractivity contribution >= 4 is 5.97 Å². The fraction of sp³-hybridized carbons (Fsp3) is 0.556. The van der Waals surface area contributed by atoms with Gasteiger partial charge in [0.15, 0.2) is 0 Å². The van der Waals surface area contributed by atoms with Crippen LogP contribution in [0.25, 0.3) is 0 Å². The number of aryl methyl sites for hydroxylation is 2. The summed E-state index contributed by atoms with van der Waals surface area (Å²) >= 11 is 0. The first kappa shape index (κ1) is 9.77. The molecule has 13 heavy (non-hydrogen) atoms. The maximum Gasteiger partial charge on any atom is 0.308 e. The average Bonchev–Trinajstić information content (AvgIpc) is 2.46. The highest BCUT2D eigenvalue weighted by Gasteiger charge is 2.15. The summed E-state index contributed by atoms with van der Waals surface area (Å²) in [7, 11) is 0. The molecule has 1 N–H and O–H groups in total. The topological polar surface area (TPSA) is 63.3 Å². The number of aromatic nitrogens is 1. The minimum absolute atomic E-state index is 0.00977. The first-order chi connectivity index (χ1) is 6.19. The van der Waals surface area contributed by atoms with Gasteiger partial charge in [0, 0.05) is 12.0 Å². The van der Waals surface area contributed by atoms with E-state index in [0.29, 0.717) is 18.6 Å². The summed E-state index contributed by atoms with van der Waals surface area (Å²) in [6.45, 7) is 3.86. The van der Waals surface area contributed by atoms with Crippen molar-refractivity contribution in [1.82, 2.24) is 5.16 Å². The van der Waals surface area contributed by atoms with Crippen LogP contribution in [0.4, 0.5) is 0 Å². The lowest BCUT2D eigenvalue weighted by Gasteiger charge is -1.96. The second-order valence-electron chi connectivity index (χ2n) is 2.81. The first-order valence-electron chi connectivity index (χ1n) is 4.37. The third-order valence-corrected chi connectivity index (χ3v) is 1.93. The number of hydrogen-bond acceptors (Lipinski definition) is 3. The number of rotatable bonds is 4. The van der Waals surface area contributed by atoms with Gasteiger partial charge in [-0.1, -0.05) is 19.0 Å². The lowest BCUT2D eigenvalue weighted by Crippen LogP contribution is -2.03. The molecule has 0 aliphatic rings. The standard InChI is InChI=1S/C9H13NO3/c1-3-7-6(5-9(11)12)8(4-2)13-10-7/h3-5H2,1-2H3,(H,11,12). The van der Waals surface area contributed by atoms with E-state index in [1.165, 1.54) is 0 Å². The average molecular weight is 183 g/mol. The Morgan fingerprint density at radius 3 is 2.62 bits per heavy atom. The monoisotopic (exact) mass is 183 g/mol. The number of carbonyl (C=O) groups is 1. The predicted octanol–water partition coefficient (Wildman–Crippen LogP) is 1.43. The molecule has 4 heteroatoms. The van der Waals surface area contributed by atoms with Crippen LogP contribution in [0.2, 0.25) is 0 Å². The maximum absolute atomic E-state index is 10.5. The van der Waals surface area contributed by atoms with Crippen LogP contribution in [-0.2, 0) is 24.1 Å². The Balaban J connectivity index is 2.97. The number of carboxylic acids is 1. The SMILES string of the molecule is CCc1noc(CC)c1CC(=O)O. The first-order valence-corrected chi connectivity index (χ1v) is 4.37. The minimum Gasteiger partial charge on any atom is -0.481 e. The summed E-state index contributed by atoms with van der Waals surface area (Å²) in [6, 6.07) is 0. The van der Waals surface area contributed by atoms with Gasteiger partial charge in [0.2, 0.25) is 0 Å². The van der Waals surface area contributed by atoms with Crippen LogP contribution in [0.3, 0.4) is 0 Å². The van der Waals surface area contributed by atoms with Gasteiger partial charge in [0.25, 0.3) is 0 Å². The van der Waals surface area contributed by atoms with Crippen molar-refractivity contribution in [2.45, 2.75) is 33.1 Å². The molecule has 1 aromatic heterocycles. The van der Waals surface area contributed by atoms with E-state index in [9.17, 15) is 4.79 Å². The molecule has 0 saturated heterocycles. The molecule has 0 spiro atoms. The molecule has 0 fully saturated rings. The Bertz CT molecular complexity index is 282. The van der Waals surface area contributed by atoms with Crippen molar-refractivity contribution in [3.05, 3.63) is 17.0 Å². The molecule has 0 unspecified atom stereocenters. The Kier molecular flexibility index (Phi) is 3.06. The van der Waals surface area contributed by atoms with Crippen LogP contribution in [0.5, 0.6) is 0 Å². The summed E-state index contributed by atoms with van der Waals surface area (Å²) in [5, 5.41) is 12.5. The molecule has 4 nitrogen and oxygen atoms in total. The molecule has 0 aromatic carbocycles. The van der Waals surface area contributed by atoms with Crippen molar-refractivity contribution < 1.29 is 14.4 Å². The van der Waals surface area contributed by atoms with E-state index in [0.717, 1.165) is 11.3 Å². The van der Waals surface area contributed by atoms with Gasteiger partial charge in [0.1, 0.15) is 5.76 Å². The van der Waals surface area contributed by atoms with Gasteiger partial charge in [-0.15, -0.1) is 0 Å². The molecule has 0 amide bonds. The molecular weight excluding hydrogens is 170 g/mol. The zero-order valence-electron chi connectivity index (χ0n) is 7.83. The summed E-state index contributed by atoms with van der Waals surface area (Å²) in [5.74, 6) is -0.146. The van der Waals surface area contributed by atoms with Crippen molar-refractivity contribution in [3.63, 3.8) is 0 Å². The van der Waals surface area contributed by atoms with Crippen molar-refractivity contribution in [2.75, 3.05) is 0 Å². The maximum atomic E-state index is 10.5. The molecule has 72 valence electrons. The normalized spacial score (nSPS) is 10.3. The summed E-state index contributed by atoms with van der Waals surface area (Å²) in [5.41, 5.74) is 1.51. The van der Waals surface area contributed by atoms with Gasteiger partial charge >= 0.3 is 5.97 Å². The Morgan fingerprint density at radius 2 is 2.15 bits per heavy atom. The molecule has 0 saturated carbocycles. The van der Waals surface area contributed by atoms with Crippen LogP contribution < -0.4 is 0 Å². The van der Waals surface area contributed by atoms with Crippen molar-refractivity contribution in [1.29, 1.82) is 0 Å². The number of carboxylic acid groups (broad SMARTS) is 1. The highest BCUT2D eigenvalue weighted by molar-refractivity contribution is 5.70. The van der Waals surface area contributed by atoms with Gasteiger partial charge in [-0.05, 0) is 6.42 Å². The zero-order valence-corrected chi connectivity index (χ0v) is 7.83. The van der Waals surface area contributed by atoms with Crippen molar-refractivity contribution in [3.8, 4) is 0 Å². The van der Waals surface area contributed by atoms with Crippen LogP contribution >= 0.6 is 0 Å². The Morgan fingerprint density at radius 1 is 1.46 bits per heavy atom. The highest BCUT2D eigenvalue weighted by atomic mass is 16.5. The Labute approximate surface area is 76.5 Å². The van der Waals surface area contributed by atoms with E-state index in [4.69, 9.17) is 9.63 Å². The molecule has 0 aliphatic heterocycles. The van der Waals surface area contributed by atoms with Gasteiger partial charge in [-0.25, -0.2) is 0 Å². The zero-order chi connectivity index (χ0) is 9.84. The molecule has 0 aliphatic carbocycles. The van der Waals surface area contributed by atoms with Gasteiger partial charge in [-0.2, -0.15) is 0 Å². The third kappa shape index (κ3) is 2.08. The van der Waals surface area contributed by atoms with Crippen LogP contribution in [0.1, 0.15) is 30.9 Å². The van der Waals surface area contributed by atoms with E-state index in [2.05, 4.69) is 5.16 Å². The molecule has 0 bridgehead atoms. The summed E-state index contributed by atoms with van der Waals surface area (Å²) in [4.78, 5) is 10.5. The Hall–Kier alpha value is -1.32. The van der Waals surface area contributed by atoms with Crippen LogP contribution in [0, 0.1) is 0 Å². The van der Waals surface area contributed by atoms with E-state index in [1.807, 2.05) is 13.8 Å². The summed E-state index contributed by atoms with van der Waals surface area (Å²) < 4.78 is 5.02. The van der Waals surface area contributed by atoms with Gasteiger partial charge in [-0.3, -0.25) is 4.79 Å². The third-order valence-electron chi connectivity index (χ3n) is 1.93. The number of nitrogens with zero attached hydrogens (tertiary/aromatic N) is 1. The molecule has 0 radical (unpaired) electrons. The smallest absolute Gasteiger partial charge is 0.308 e. The van der Waals surface area contributed by atoms with Crippen LogP contribution in [-0.4, -0.2) is 16.2 Å². The molecule has 1 aromatic rings. The highest BCUT2D eigenvalue weighted by Crippen LogP contribution is 2.16. The molecule has 1 rings (SSSR count). The molecular formula is C9H13NO3. The van der Waals surface area contributed by atoms with E-state index in [1.54, 1.807) is 0 Å². The summed E-state index contributed by atoms with van der Waals surface area (Å²) in [6.07, 6.45) is 1.41. The van der Waals surface area contributed by atoms with E-state index in [-0.39, 0.29) is 6.42 Å². The lowest BCUT2D eigenvalue weighted by molar-refractivity contribution is -0.136. The number of aliphatic carboxylic acids is 1. The fourth-order valence-electron chi connectivity index (χ4n) is 1.29. The lowest BCUT2D eigenvalue weighted by atomic mass is 10.1. The van der Waals surface area contributed by atoms with E-state index >= 15 is 0 Å². The largest absolute Gasteiger partial charge is 0.481 e. The van der Waals surface area contributed by atoms with Crippen molar-refractivity contribution in [2.24, 2.45) is 0 Å². The molecule has 0 atom stereocenters. The second-order valence-corrected chi connectivity index (χ2v) is 2.81. The van der Waals surface area contributed by atoms with Gasteiger partial charge < -0.3 is 9.63 Å². The molecule has 1 heterocycles. The predicted molar refractivity (Wildman–Crippen MR) is 46.6 cm³/mol. The number of hydrogen-bond donors (Lipinski definition) is 1. The van der Waals surface area contributed by atoms with Gasteiger partial charge in [0.05, 0.1) is 12.1 Å². The van der Waals surface area contributed by atoms with Crippen LogP contribution in [0.15, 0.2) is 4.52 Å². The minimum atomic E-state index is -0.840.